The summed E-state index contributed by atoms with van der Waals surface area (Å²) in [6.45, 7) is 9.71. The second-order valence-corrected chi connectivity index (χ2v) is 3.00. The van der Waals surface area contributed by atoms with Crippen LogP contribution in [0.5, 0.6) is 0 Å². The average molecular weight is 183 g/mol. The molecule has 0 aliphatic heterocycles. The summed E-state index contributed by atoms with van der Waals surface area (Å²) in [6, 6.07) is 3.63. The molecular weight excluding hydrogens is 165 g/mol. The Morgan fingerprint density at radius 1 is 1.23 bits per heavy atom. The monoisotopic (exact) mass is 183 g/mol. The summed E-state index contributed by atoms with van der Waals surface area (Å²) in [5.41, 5.74) is 1.42. The molecule has 0 aliphatic carbocycles. The highest BCUT2D eigenvalue weighted by atomic mass is 19.1. The quantitative estimate of drug-likeness (QED) is 0.605. The van der Waals surface area contributed by atoms with Gasteiger partial charge in [-0.15, -0.1) is 0 Å². The minimum absolute atomic E-state index is 0.296. The van der Waals surface area contributed by atoms with Crippen LogP contribution in [0.2, 0.25) is 0 Å². The van der Waals surface area contributed by atoms with Gasteiger partial charge in [0.05, 0.1) is 0 Å². The van der Waals surface area contributed by atoms with E-state index >= 15 is 0 Å². The van der Waals surface area contributed by atoms with Crippen molar-refractivity contribution in [3.63, 3.8) is 0 Å². The van der Waals surface area contributed by atoms with Gasteiger partial charge in [0.15, 0.2) is 0 Å². The number of hydrogen-bond donors (Lipinski definition) is 0. The summed E-state index contributed by atoms with van der Waals surface area (Å²) in [6.07, 6.45) is 0. The third-order valence-corrected chi connectivity index (χ3v) is 1.65. The molecule has 1 nitrogen and oxygen atoms in total. The molecular formula is C11H18FN. The highest BCUT2D eigenvalue weighted by Crippen LogP contribution is 2.12. The van der Waals surface area contributed by atoms with Crippen molar-refractivity contribution in [1.82, 2.24) is 4.98 Å². The zero-order valence-electron chi connectivity index (χ0n) is 9.06. The Balaban J connectivity index is 0.000000671. The molecule has 0 spiro atoms. The van der Waals surface area contributed by atoms with Crippen molar-refractivity contribution in [3.05, 3.63) is 29.3 Å². The first kappa shape index (κ1) is 12.1. The molecule has 0 atom stereocenters. The normalized spacial score (nSPS) is 9.46. The molecule has 0 saturated carbocycles. The summed E-state index contributed by atoms with van der Waals surface area (Å²) in [4.78, 5) is 3.81. The average Bonchev–Trinajstić information content (AvgIpc) is 2.13. The lowest BCUT2D eigenvalue weighted by Gasteiger charge is -2.04. The van der Waals surface area contributed by atoms with E-state index in [1.807, 2.05) is 33.8 Å². The number of aryl methyl sites for hydroxylation is 1. The van der Waals surface area contributed by atoms with E-state index in [9.17, 15) is 4.39 Å². The van der Waals surface area contributed by atoms with E-state index in [-0.39, 0.29) is 5.95 Å². The maximum absolute atomic E-state index is 12.8. The largest absolute Gasteiger partial charge is 0.224 e. The molecule has 74 valence electrons. The van der Waals surface area contributed by atoms with E-state index in [0.717, 1.165) is 5.69 Å². The third kappa shape index (κ3) is 3.53. The smallest absolute Gasteiger partial charge is 0.216 e. The molecule has 1 aromatic rings. The van der Waals surface area contributed by atoms with Crippen molar-refractivity contribution in [1.29, 1.82) is 0 Å². The van der Waals surface area contributed by atoms with E-state index in [4.69, 9.17) is 0 Å². The van der Waals surface area contributed by atoms with Crippen LogP contribution in [0.15, 0.2) is 12.1 Å². The molecule has 1 rings (SSSR count). The van der Waals surface area contributed by atoms with E-state index in [0.29, 0.717) is 11.5 Å². The molecule has 1 heterocycles. The molecule has 0 aliphatic rings. The number of rotatable bonds is 1. The van der Waals surface area contributed by atoms with Crippen LogP contribution in [0.3, 0.4) is 0 Å². The van der Waals surface area contributed by atoms with Crippen LogP contribution in [-0.2, 0) is 0 Å². The summed E-state index contributed by atoms with van der Waals surface area (Å²) in [5, 5.41) is 0. The van der Waals surface area contributed by atoms with Crippen molar-refractivity contribution in [2.45, 2.75) is 40.5 Å². The van der Waals surface area contributed by atoms with Crippen molar-refractivity contribution in [2.75, 3.05) is 0 Å². The first-order valence-electron chi connectivity index (χ1n) is 4.74. The highest BCUT2D eigenvalue weighted by molar-refractivity contribution is 5.15. The van der Waals surface area contributed by atoms with Crippen LogP contribution in [0.25, 0.3) is 0 Å². The van der Waals surface area contributed by atoms with Crippen LogP contribution in [0, 0.1) is 12.9 Å². The predicted octanol–water partition coefficient (Wildman–Crippen LogP) is 3.68. The molecule has 0 N–H and O–H groups in total. The van der Waals surface area contributed by atoms with Gasteiger partial charge in [-0.25, -0.2) is 4.98 Å². The Labute approximate surface area is 80.0 Å². The minimum Gasteiger partial charge on any atom is -0.224 e. The number of nitrogens with zero attached hydrogens (tertiary/aromatic N) is 1. The second-order valence-electron chi connectivity index (χ2n) is 3.00. The summed E-state index contributed by atoms with van der Waals surface area (Å²) >= 11 is 0. The molecule has 0 saturated heterocycles. The van der Waals surface area contributed by atoms with Crippen molar-refractivity contribution >= 4 is 0 Å². The van der Waals surface area contributed by atoms with E-state index in [2.05, 4.69) is 4.98 Å². The van der Waals surface area contributed by atoms with Crippen LogP contribution in [0.4, 0.5) is 4.39 Å². The molecule has 0 bridgehead atoms. The fraction of sp³-hybridized carbons (Fsp3) is 0.545. The Morgan fingerprint density at radius 2 is 1.77 bits per heavy atom. The Hall–Kier alpha value is -0.920. The SMILES string of the molecule is CC.Cc1ccc(C(C)C)nc1F. The number of hydrogen-bond acceptors (Lipinski definition) is 1. The summed E-state index contributed by atoms with van der Waals surface area (Å²) < 4.78 is 12.8. The second kappa shape index (κ2) is 5.68. The van der Waals surface area contributed by atoms with Crippen molar-refractivity contribution < 1.29 is 4.39 Å². The van der Waals surface area contributed by atoms with Gasteiger partial charge >= 0.3 is 0 Å². The van der Waals surface area contributed by atoms with Crippen molar-refractivity contribution in [2.24, 2.45) is 0 Å². The van der Waals surface area contributed by atoms with Gasteiger partial charge in [-0.3, -0.25) is 0 Å². The Morgan fingerprint density at radius 3 is 2.15 bits per heavy atom. The van der Waals surface area contributed by atoms with Crippen LogP contribution < -0.4 is 0 Å². The number of aromatic nitrogens is 1. The standard InChI is InChI=1S/C9H12FN.C2H6/c1-6(2)8-5-4-7(3)9(10)11-8;1-2/h4-6H,1-3H3;1-2H3. The van der Waals surface area contributed by atoms with Gasteiger partial charge in [0.1, 0.15) is 0 Å². The first-order chi connectivity index (χ1) is 6.11. The van der Waals surface area contributed by atoms with E-state index in [1.165, 1.54) is 0 Å². The maximum atomic E-state index is 12.8. The lowest BCUT2D eigenvalue weighted by atomic mass is 10.1. The zero-order valence-corrected chi connectivity index (χ0v) is 9.06. The van der Waals surface area contributed by atoms with Crippen molar-refractivity contribution in [3.8, 4) is 0 Å². The van der Waals surface area contributed by atoms with Gasteiger partial charge < -0.3 is 0 Å². The fourth-order valence-corrected chi connectivity index (χ4v) is 0.839. The van der Waals surface area contributed by atoms with Crippen LogP contribution in [-0.4, -0.2) is 4.98 Å². The molecule has 0 unspecified atom stereocenters. The molecule has 0 aromatic carbocycles. The zero-order chi connectivity index (χ0) is 10.4. The van der Waals surface area contributed by atoms with Gasteiger partial charge in [0.2, 0.25) is 5.95 Å². The lowest BCUT2D eigenvalue weighted by molar-refractivity contribution is 0.562. The first-order valence-corrected chi connectivity index (χ1v) is 4.74. The summed E-state index contributed by atoms with van der Waals surface area (Å²) in [5.74, 6) is -0.0544. The molecule has 1 aromatic heterocycles. The molecule has 0 fully saturated rings. The lowest BCUT2D eigenvalue weighted by Crippen LogP contribution is -1.96. The topological polar surface area (TPSA) is 12.9 Å². The molecule has 0 radical (unpaired) electrons. The Bertz CT molecular complexity index is 256. The summed E-state index contributed by atoms with van der Waals surface area (Å²) in [7, 11) is 0. The van der Waals surface area contributed by atoms with Gasteiger partial charge in [-0.1, -0.05) is 33.8 Å². The molecule has 13 heavy (non-hydrogen) atoms. The van der Waals surface area contributed by atoms with Crippen LogP contribution >= 0.6 is 0 Å². The van der Waals surface area contributed by atoms with Gasteiger partial charge in [0.25, 0.3) is 0 Å². The van der Waals surface area contributed by atoms with Crippen LogP contribution in [0.1, 0.15) is 44.9 Å². The Kier molecular flexibility index (Phi) is 5.28. The van der Waals surface area contributed by atoms with Gasteiger partial charge in [0, 0.05) is 11.3 Å². The number of pyridine rings is 1. The third-order valence-electron chi connectivity index (χ3n) is 1.65. The van der Waals surface area contributed by atoms with E-state index < -0.39 is 0 Å². The minimum atomic E-state index is -0.351. The van der Waals surface area contributed by atoms with E-state index in [1.54, 1.807) is 13.0 Å². The maximum Gasteiger partial charge on any atom is 0.216 e. The molecule has 2 heteroatoms. The molecule has 0 amide bonds. The predicted molar refractivity (Wildman–Crippen MR) is 54.4 cm³/mol. The highest BCUT2D eigenvalue weighted by Gasteiger charge is 2.03. The number of halogens is 1. The van der Waals surface area contributed by atoms with Gasteiger partial charge in [-0.05, 0) is 18.9 Å². The fourth-order valence-electron chi connectivity index (χ4n) is 0.839. The van der Waals surface area contributed by atoms with Gasteiger partial charge in [-0.2, -0.15) is 4.39 Å².